The third-order valence-electron chi connectivity index (χ3n) is 2.14. The first kappa shape index (κ1) is 13.0. The zero-order valence-corrected chi connectivity index (χ0v) is 10.8. The van der Waals surface area contributed by atoms with Crippen LogP contribution in [0.5, 0.6) is 11.5 Å². The molecule has 88 valence electrons. The van der Waals surface area contributed by atoms with Crippen LogP contribution < -0.4 is 4.74 Å². The summed E-state index contributed by atoms with van der Waals surface area (Å²) in [6.07, 6.45) is 2.01. The number of carbonyl (C=O) groups is 1. The molecule has 1 rings (SSSR count). The van der Waals surface area contributed by atoms with Crippen molar-refractivity contribution in [2.75, 3.05) is 11.9 Å². The second kappa shape index (κ2) is 6.53. The van der Waals surface area contributed by atoms with Gasteiger partial charge in [0.05, 0.1) is 12.2 Å². The van der Waals surface area contributed by atoms with E-state index in [1.165, 1.54) is 13.0 Å². The van der Waals surface area contributed by atoms with Gasteiger partial charge in [-0.1, -0.05) is 15.9 Å². The highest BCUT2D eigenvalue weighted by Crippen LogP contribution is 2.23. The molecule has 0 saturated heterocycles. The van der Waals surface area contributed by atoms with Gasteiger partial charge in [-0.2, -0.15) is 0 Å². The Balaban J connectivity index is 2.61. The number of Topliss-reactive ketones (excluding diaryl/α,β-unsaturated/α-hetero) is 1. The Morgan fingerprint density at radius 1 is 1.44 bits per heavy atom. The van der Waals surface area contributed by atoms with Gasteiger partial charge in [0.25, 0.3) is 0 Å². The Kier molecular flexibility index (Phi) is 5.32. The Labute approximate surface area is 104 Å². The zero-order chi connectivity index (χ0) is 12.0. The van der Waals surface area contributed by atoms with Crippen molar-refractivity contribution in [3.05, 3.63) is 23.8 Å². The second-order valence-corrected chi connectivity index (χ2v) is 4.27. The summed E-state index contributed by atoms with van der Waals surface area (Å²) >= 11 is 3.34. The van der Waals surface area contributed by atoms with Crippen molar-refractivity contribution in [2.24, 2.45) is 0 Å². The zero-order valence-electron chi connectivity index (χ0n) is 9.20. The molecule has 1 aromatic carbocycles. The average molecular weight is 287 g/mol. The number of alkyl halides is 1. The van der Waals surface area contributed by atoms with Crippen molar-refractivity contribution in [3.63, 3.8) is 0 Å². The number of phenols is 1. The molecular formula is C12H15BrO3. The van der Waals surface area contributed by atoms with Crippen LogP contribution in [0.2, 0.25) is 0 Å². The molecule has 0 saturated carbocycles. The van der Waals surface area contributed by atoms with Crippen molar-refractivity contribution in [2.45, 2.75) is 19.8 Å². The fourth-order valence-corrected chi connectivity index (χ4v) is 1.67. The number of hydrogen-bond acceptors (Lipinski definition) is 3. The molecule has 0 heterocycles. The molecule has 16 heavy (non-hydrogen) atoms. The van der Waals surface area contributed by atoms with Crippen LogP contribution >= 0.6 is 15.9 Å². The summed E-state index contributed by atoms with van der Waals surface area (Å²) in [5, 5.41) is 10.4. The summed E-state index contributed by atoms with van der Waals surface area (Å²) in [6.45, 7) is 2.04. The van der Waals surface area contributed by atoms with Gasteiger partial charge in [-0.05, 0) is 38.0 Å². The first-order valence-corrected chi connectivity index (χ1v) is 6.30. The van der Waals surface area contributed by atoms with Crippen molar-refractivity contribution in [1.29, 1.82) is 0 Å². The van der Waals surface area contributed by atoms with Crippen LogP contribution in [0.25, 0.3) is 0 Å². The molecule has 0 spiro atoms. The smallest absolute Gasteiger partial charge is 0.163 e. The van der Waals surface area contributed by atoms with Crippen LogP contribution in [-0.2, 0) is 0 Å². The minimum atomic E-state index is -0.164. The molecular weight excluding hydrogens is 272 g/mol. The van der Waals surface area contributed by atoms with E-state index in [0.717, 1.165) is 18.2 Å². The standard InChI is InChI=1S/C12H15BrO3/c1-9(14)11-8-10(4-5-12(11)15)16-7-3-2-6-13/h4-5,8,15H,2-3,6-7H2,1H3. The molecule has 1 aromatic rings. The van der Waals surface area contributed by atoms with Crippen molar-refractivity contribution < 1.29 is 14.6 Å². The molecule has 0 radical (unpaired) electrons. The summed E-state index contributed by atoms with van der Waals surface area (Å²) in [5.74, 6) is 0.460. The van der Waals surface area contributed by atoms with Crippen LogP contribution in [0, 0.1) is 0 Å². The SMILES string of the molecule is CC(=O)c1cc(OCCCCBr)ccc1O. The average Bonchev–Trinajstić information content (AvgIpc) is 2.26. The third kappa shape index (κ3) is 3.85. The van der Waals surface area contributed by atoms with Crippen LogP contribution in [0.3, 0.4) is 0 Å². The number of ether oxygens (including phenoxy) is 1. The van der Waals surface area contributed by atoms with E-state index in [0.29, 0.717) is 17.9 Å². The topological polar surface area (TPSA) is 46.5 Å². The first-order valence-electron chi connectivity index (χ1n) is 5.18. The molecule has 1 N–H and O–H groups in total. The summed E-state index contributed by atoms with van der Waals surface area (Å²) in [6, 6.07) is 4.72. The number of unbranched alkanes of at least 4 members (excludes halogenated alkanes) is 1. The molecule has 4 heteroatoms. The highest BCUT2D eigenvalue weighted by atomic mass is 79.9. The Morgan fingerprint density at radius 3 is 2.81 bits per heavy atom. The van der Waals surface area contributed by atoms with Crippen LogP contribution in [-0.4, -0.2) is 22.8 Å². The van der Waals surface area contributed by atoms with E-state index in [2.05, 4.69) is 15.9 Å². The van der Waals surface area contributed by atoms with E-state index in [4.69, 9.17) is 4.74 Å². The number of ketones is 1. The molecule has 0 unspecified atom stereocenters. The highest BCUT2D eigenvalue weighted by Gasteiger charge is 2.07. The van der Waals surface area contributed by atoms with Gasteiger partial charge in [-0.15, -0.1) is 0 Å². The predicted octanol–water partition coefficient (Wildman–Crippen LogP) is 3.15. The first-order chi connectivity index (χ1) is 7.65. The molecule has 0 aliphatic heterocycles. The summed E-state index contributed by atoms with van der Waals surface area (Å²) in [5.41, 5.74) is 0.304. The normalized spacial score (nSPS) is 10.1. The highest BCUT2D eigenvalue weighted by molar-refractivity contribution is 9.09. The van der Waals surface area contributed by atoms with E-state index in [9.17, 15) is 9.90 Å². The molecule has 0 bridgehead atoms. The molecule has 0 amide bonds. The maximum atomic E-state index is 11.2. The summed E-state index contributed by atoms with van der Waals surface area (Å²) < 4.78 is 5.47. The minimum absolute atomic E-state index is 0.000285. The Morgan fingerprint density at radius 2 is 2.19 bits per heavy atom. The number of aromatic hydroxyl groups is 1. The molecule has 0 aliphatic carbocycles. The molecule has 0 fully saturated rings. The Bertz CT molecular complexity index is 363. The van der Waals surface area contributed by atoms with Crippen LogP contribution in [0.1, 0.15) is 30.1 Å². The lowest BCUT2D eigenvalue weighted by Gasteiger charge is -2.07. The second-order valence-electron chi connectivity index (χ2n) is 3.48. The molecule has 0 aliphatic rings. The maximum absolute atomic E-state index is 11.2. The number of benzene rings is 1. The van der Waals surface area contributed by atoms with Crippen LogP contribution in [0.4, 0.5) is 0 Å². The summed E-state index contributed by atoms with van der Waals surface area (Å²) in [7, 11) is 0. The Hall–Kier alpha value is -1.03. The number of rotatable bonds is 6. The van der Waals surface area contributed by atoms with E-state index >= 15 is 0 Å². The fraction of sp³-hybridized carbons (Fsp3) is 0.417. The molecule has 0 atom stereocenters. The van der Waals surface area contributed by atoms with Gasteiger partial charge in [0.1, 0.15) is 11.5 Å². The minimum Gasteiger partial charge on any atom is -0.507 e. The van der Waals surface area contributed by atoms with E-state index in [1.54, 1.807) is 12.1 Å². The lowest BCUT2D eigenvalue weighted by molar-refractivity contribution is 0.101. The monoisotopic (exact) mass is 286 g/mol. The predicted molar refractivity (Wildman–Crippen MR) is 66.6 cm³/mol. The lowest BCUT2D eigenvalue weighted by atomic mass is 10.1. The third-order valence-corrected chi connectivity index (χ3v) is 2.70. The number of halogens is 1. The lowest BCUT2D eigenvalue weighted by Crippen LogP contribution is -1.99. The van der Waals surface area contributed by atoms with Gasteiger partial charge in [-0.3, -0.25) is 4.79 Å². The molecule has 3 nitrogen and oxygen atoms in total. The van der Waals surface area contributed by atoms with Gasteiger partial charge in [-0.25, -0.2) is 0 Å². The van der Waals surface area contributed by atoms with Gasteiger partial charge in [0.2, 0.25) is 0 Å². The van der Waals surface area contributed by atoms with Gasteiger partial charge in [0.15, 0.2) is 5.78 Å². The number of phenolic OH excluding ortho intramolecular Hbond substituents is 1. The fourth-order valence-electron chi connectivity index (χ4n) is 1.27. The van der Waals surface area contributed by atoms with E-state index in [-0.39, 0.29) is 11.5 Å². The van der Waals surface area contributed by atoms with Gasteiger partial charge < -0.3 is 9.84 Å². The number of hydrogen-bond donors (Lipinski definition) is 1. The van der Waals surface area contributed by atoms with Gasteiger partial charge >= 0.3 is 0 Å². The number of carbonyl (C=O) groups excluding carboxylic acids is 1. The quantitative estimate of drug-likeness (QED) is 0.496. The largest absolute Gasteiger partial charge is 0.507 e. The van der Waals surface area contributed by atoms with Crippen LogP contribution in [0.15, 0.2) is 18.2 Å². The van der Waals surface area contributed by atoms with Crippen molar-refractivity contribution in [3.8, 4) is 11.5 Å². The van der Waals surface area contributed by atoms with Crippen molar-refractivity contribution in [1.82, 2.24) is 0 Å². The van der Waals surface area contributed by atoms with E-state index < -0.39 is 0 Å². The molecule has 0 aromatic heterocycles. The van der Waals surface area contributed by atoms with E-state index in [1.807, 2.05) is 0 Å². The van der Waals surface area contributed by atoms with Crippen molar-refractivity contribution >= 4 is 21.7 Å². The summed E-state index contributed by atoms with van der Waals surface area (Å²) in [4.78, 5) is 11.2. The maximum Gasteiger partial charge on any atom is 0.163 e. The van der Waals surface area contributed by atoms with Gasteiger partial charge in [0, 0.05) is 5.33 Å².